The molecule has 0 aliphatic rings. The number of hydrogen-bond donors (Lipinski definition) is 0. The van der Waals surface area contributed by atoms with E-state index >= 15 is 0 Å². The van der Waals surface area contributed by atoms with Crippen molar-refractivity contribution in [3.63, 3.8) is 0 Å². The van der Waals surface area contributed by atoms with Gasteiger partial charge in [-0.05, 0) is 77.7 Å². The molecular formula is C56H44IrN2SSi-2. The first-order valence-electron chi connectivity index (χ1n) is 23.7. The van der Waals surface area contributed by atoms with E-state index in [0.717, 1.165) is 59.2 Å². The SMILES string of the molecule is [2H]C([2H])([2H])c1c[c-]c(-c2cc(-c3ccccc3)c([Si](C)(C)C)cn2)cc1-c1ccccc1.[2H]c1c([2H])c([2H])c(-c2ccnc(-c3[c-]ccc4c3sc3cc(-c5ccccc5)ccc34)c2)c([2H])c1[2H].[Ir]. The fraction of sp³-hybridized carbons (Fsp3) is 0.0714. The first-order chi connectivity index (χ1) is 32.6. The minimum atomic E-state index is -2.22. The van der Waals surface area contributed by atoms with E-state index in [-0.39, 0.29) is 49.8 Å². The summed E-state index contributed by atoms with van der Waals surface area (Å²) in [7, 11) is -1.63. The van der Waals surface area contributed by atoms with Crippen molar-refractivity contribution < 1.29 is 31.1 Å². The van der Waals surface area contributed by atoms with E-state index in [4.69, 9.17) is 16.0 Å². The second-order valence-corrected chi connectivity index (χ2v) is 21.6. The second-order valence-electron chi connectivity index (χ2n) is 15.5. The fourth-order valence-electron chi connectivity index (χ4n) is 7.41. The molecule has 2 nitrogen and oxygen atoms in total. The maximum atomic E-state index is 8.34. The molecule has 10 rings (SSSR count). The summed E-state index contributed by atoms with van der Waals surface area (Å²) in [5, 5.41) is 3.57. The average molecular weight is 1010 g/mol. The molecule has 0 fully saturated rings. The van der Waals surface area contributed by atoms with E-state index in [0.29, 0.717) is 22.4 Å². The maximum Gasteiger partial charge on any atom is 0.0803 e. The Morgan fingerprint density at radius 2 is 1.26 bits per heavy atom. The molecule has 0 saturated carbocycles. The molecule has 7 aromatic carbocycles. The molecule has 0 aliphatic heterocycles. The van der Waals surface area contributed by atoms with E-state index in [2.05, 4.69) is 91.4 Å². The van der Waals surface area contributed by atoms with E-state index in [1.807, 2.05) is 85.1 Å². The van der Waals surface area contributed by atoms with Gasteiger partial charge in [0.1, 0.15) is 0 Å². The van der Waals surface area contributed by atoms with Gasteiger partial charge < -0.3 is 9.97 Å². The van der Waals surface area contributed by atoms with Crippen LogP contribution in [0.15, 0.2) is 194 Å². The molecule has 3 heterocycles. The van der Waals surface area contributed by atoms with Crippen LogP contribution < -0.4 is 5.19 Å². The molecule has 3 aromatic heterocycles. The molecule has 5 heteroatoms. The van der Waals surface area contributed by atoms with Crippen LogP contribution in [0.2, 0.25) is 19.6 Å². The van der Waals surface area contributed by atoms with Gasteiger partial charge in [-0.15, -0.1) is 53.1 Å². The monoisotopic (exact) mass is 1010 g/mol. The zero-order chi connectivity index (χ0) is 47.9. The third kappa shape index (κ3) is 9.03. The van der Waals surface area contributed by atoms with E-state index in [9.17, 15) is 0 Å². The van der Waals surface area contributed by atoms with Crippen LogP contribution in [0.1, 0.15) is 16.5 Å². The number of pyridine rings is 2. The quantitative estimate of drug-likeness (QED) is 0.117. The standard InChI is InChI=1S/C29H18NS.C27H26NSi.Ir/c1-3-8-20(9-4-1)22-14-15-24-25-12-7-13-26(29(25)31-28(24)19-22)27-18-23(16-17-30-27)21-10-5-2-6-11-21;1-20-15-16-23(17-24(20)21-11-7-5-8-12-21)26-18-25(22-13-9-6-10-14-22)27(19-28-26)29(2,3)4;/h1-12,14-19H;5-15,17-19H,1-4H3;/q2*-1;/i2D,5D,6D,10D,11D;1D3;. The van der Waals surface area contributed by atoms with Gasteiger partial charge in [0.15, 0.2) is 0 Å². The molecule has 0 atom stereocenters. The van der Waals surface area contributed by atoms with Crippen LogP contribution in [0.3, 0.4) is 0 Å². The van der Waals surface area contributed by atoms with Crippen LogP contribution >= 0.6 is 11.3 Å². The van der Waals surface area contributed by atoms with Crippen molar-refractivity contribution in [1.29, 1.82) is 0 Å². The third-order valence-corrected chi connectivity index (χ3v) is 13.7. The average Bonchev–Trinajstić information content (AvgIpc) is 3.74. The van der Waals surface area contributed by atoms with Gasteiger partial charge in [0.2, 0.25) is 0 Å². The van der Waals surface area contributed by atoms with Crippen molar-refractivity contribution >= 4 is 44.8 Å². The topological polar surface area (TPSA) is 25.8 Å². The molecular weight excluding hydrogens is 953 g/mol. The zero-order valence-electron chi connectivity index (χ0n) is 41.7. The Balaban J connectivity index is 0.000000185. The number of rotatable bonds is 7. The number of aryl methyl sites for hydroxylation is 1. The molecule has 0 bridgehead atoms. The van der Waals surface area contributed by atoms with Crippen LogP contribution in [-0.2, 0) is 20.1 Å². The molecule has 0 saturated heterocycles. The minimum Gasteiger partial charge on any atom is -0.305 e. The minimum absolute atomic E-state index is 0. The second kappa shape index (κ2) is 18.3. The smallest absolute Gasteiger partial charge is 0.0803 e. The summed E-state index contributed by atoms with van der Waals surface area (Å²) in [6.45, 7) is 4.74. The maximum absolute atomic E-state index is 8.34. The Bertz CT molecular complexity index is 3360. The Labute approximate surface area is 389 Å². The van der Waals surface area contributed by atoms with Gasteiger partial charge in [0.25, 0.3) is 0 Å². The van der Waals surface area contributed by atoms with Crippen molar-refractivity contribution in [2.24, 2.45) is 0 Å². The normalized spacial score (nSPS) is 13.2. The Kier molecular flexibility index (Phi) is 9.78. The summed E-state index contributed by atoms with van der Waals surface area (Å²) in [6.07, 6.45) is 3.61. The molecule has 1 radical (unpaired) electrons. The molecule has 0 amide bonds. The van der Waals surface area contributed by atoms with Gasteiger partial charge >= 0.3 is 0 Å². The van der Waals surface area contributed by atoms with Crippen molar-refractivity contribution in [3.8, 4) is 67.0 Å². The van der Waals surface area contributed by atoms with Crippen molar-refractivity contribution in [3.05, 3.63) is 212 Å². The van der Waals surface area contributed by atoms with Crippen LogP contribution in [0, 0.1) is 19.0 Å². The first kappa shape index (κ1) is 32.7. The third-order valence-electron chi connectivity index (χ3n) is 10.5. The predicted molar refractivity (Wildman–Crippen MR) is 259 cm³/mol. The van der Waals surface area contributed by atoms with E-state index < -0.39 is 21.0 Å². The van der Waals surface area contributed by atoms with E-state index in [1.165, 1.54) is 10.8 Å². The Hall–Kier alpha value is -6.07. The van der Waals surface area contributed by atoms with Gasteiger partial charge in [0, 0.05) is 41.3 Å². The number of benzene rings is 7. The van der Waals surface area contributed by atoms with Crippen LogP contribution in [0.4, 0.5) is 0 Å². The van der Waals surface area contributed by atoms with Crippen LogP contribution in [0.25, 0.3) is 87.2 Å². The summed E-state index contributed by atoms with van der Waals surface area (Å²) in [4.78, 5) is 9.36. The summed E-state index contributed by atoms with van der Waals surface area (Å²) in [5.41, 5.74) is 10.3. The van der Waals surface area contributed by atoms with Crippen molar-refractivity contribution in [1.82, 2.24) is 9.97 Å². The van der Waals surface area contributed by atoms with Gasteiger partial charge in [-0.25, -0.2) is 0 Å². The molecule has 299 valence electrons. The number of thiophene rings is 1. The number of aromatic nitrogens is 2. The molecule has 0 spiro atoms. The number of nitrogens with zero attached hydrogens (tertiary/aromatic N) is 2. The molecule has 10 aromatic rings. The van der Waals surface area contributed by atoms with Gasteiger partial charge in [-0.2, -0.15) is 11.3 Å². The molecule has 0 aliphatic carbocycles. The molecule has 0 N–H and O–H groups in total. The summed E-state index contributed by atoms with van der Waals surface area (Å²) >= 11 is 1.68. The molecule has 0 unspecified atom stereocenters. The van der Waals surface area contributed by atoms with Crippen LogP contribution in [-0.4, -0.2) is 18.0 Å². The fourth-order valence-corrected chi connectivity index (χ4v) is 10.1. The number of fused-ring (bicyclic) bond motifs is 3. The first-order valence-corrected chi connectivity index (χ1v) is 24.0. The summed E-state index contributed by atoms with van der Waals surface area (Å²) in [6, 6.07) is 54.8. The zero-order valence-corrected chi connectivity index (χ0v) is 37.9. The van der Waals surface area contributed by atoms with Gasteiger partial charge in [0.05, 0.1) is 14.9 Å². The number of hydrogen-bond acceptors (Lipinski definition) is 3. The predicted octanol–water partition coefficient (Wildman–Crippen LogP) is 15.0. The van der Waals surface area contributed by atoms with E-state index in [1.54, 1.807) is 35.7 Å². The summed E-state index contributed by atoms with van der Waals surface area (Å²) in [5.74, 6) is 0. The van der Waals surface area contributed by atoms with Crippen molar-refractivity contribution in [2.75, 3.05) is 0 Å². The largest absolute Gasteiger partial charge is 0.305 e. The van der Waals surface area contributed by atoms with Gasteiger partial charge in [-0.1, -0.05) is 183 Å². The Morgan fingerprint density at radius 1 is 0.590 bits per heavy atom. The summed E-state index contributed by atoms with van der Waals surface area (Å²) < 4.78 is 66.8. The molecule has 61 heavy (non-hydrogen) atoms. The Morgan fingerprint density at radius 3 is 1.95 bits per heavy atom. The van der Waals surface area contributed by atoms with Crippen LogP contribution in [0.5, 0.6) is 0 Å². The van der Waals surface area contributed by atoms with Crippen molar-refractivity contribution in [2.45, 2.75) is 26.5 Å². The van der Waals surface area contributed by atoms with Gasteiger partial charge in [-0.3, -0.25) is 0 Å².